The summed E-state index contributed by atoms with van der Waals surface area (Å²) in [5, 5.41) is 19.3. The number of nitrogens with one attached hydrogen (secondary N) is 1. The molecule has 9 heteroatoms. The zero-order valence-corrected chi connectivity index (χ0v) is 18.8. The van der Waals surface area contributed by atoms with Crippen molar-refractivity contribution < 1.29 is 14.3 Å². The molecular formula is C21H30N6O3. The van der Waals surface area contributed by atoms with Crippen LogP contribution in [0.25, 0.3) is 11.4 Å². The molecule has 9 nitrogen and oxygen atoms in total. The molecule has 162 valence electrons. The van der Waals surface area contributed by atoms with Gasteiger partial charge in [-0.1, -0.05) is 20.8 Å². The molecule has 1 heterocycles. The lowest BCUT2D eigenvalue weighted by atomic mass is 9.95. The lowest BCUT2D eigenvalue weighted by molar-refractivity contribution is -0.123. The molecule has 0 fully saturated rings. The van der Waals surface area contributed by atoms with Crippen LogP contribution in [0, 0.1) is 5.41 Å². The molecule has 0 radical (unpaired) electrons. The van der Waals surface area contributed by atoms with E-state index >= 15 is 0 Å². The Labute approximate surface area is 177 Å². The van der Waals surface area contributed by atoms with Crippen LogP contribution in [0.15, 0.2) is 24.3 Å². The molecule has 0 spiro atoms. The minimum absolute atomic E-state index is 0.0673. The Balaban J connectivity index is 2.08. The number of ether oxygens (including phenoxy) is 1. The highest BCUT2D eigenvalue weighted by molar-refractivity contribution is 5.94. The molecule has 2 amide bonds. The molecule has 0 bridgehead atoms. The molecule has 0 aliphatic rings. The first-order valence-electron chi connectivity index (χ1n) is 9.73. The first-order valence-corrected chi connectivity index (χ1v) is 9.73. The van der Waals surface area contributed by atoms with Crippen molar-refractivity contribution in [3.63, 3.8) is 0 Å². The molecule has 0 aliphatic heterocycles. The van der Waals surface area contributed by atoms with E-state index in [0.29, 0.717) is 22.9 Å². The van der Waals surface area contributed by atoms with Crippen LogP contribution in [0.1, 0.15) is 60.3 Å². The summed E-state index contributed by atoms with van der Waals surface area (Å²) in [5.41, 5.74) is 0.326. The van der Waals surface area contributed by atoms with Crippen molar-refractivity contribution in [3.05, 3.63) is 30.1 Å². The zero-order valence-electron chi connectivity index (χ0n) is 18.8. The van der Waals surface area contributed by atoms with Crippen LogP contribution >= 0.6 is 0 Å². The van der Waals surface area contributed by atoms with E-state index in [2.05, 4.69) is 25.7 Å². The third-order valence-corrected chi connectivity index (χ3v) is 4.21. The van der Waals surface area contributed by atoms with Gasteiger partial charge >= 0.3 is 6.09 Å². The Kier molecular flexibility index (Phi) is 6.74. The second-order valence-electron chi connectivity index (χ2n) is 9.13. The average molecular weight is 415 g/mol. The highest BCUT2D eigenvalue weighted by Gasteiger charge is 2.26. The fourth-order valence-electron chi connectivity index (χ4n) is 2.21. The number of anilines is 1. The van der Waals surface area contributed by atoms with Crippen LogP contribution in [0.2, 0.25) is 0 Å². The number of benzene rings is 1. The van der Waals surface area contributed by atoms with E-state index in [-0.39, 0.29) is 5.91 Å². The van der Waals surface area contributed by atoms with Crippen molar-refractivity contribution in [3.8, 4) is 11.4 Å². The summed E-state index contributed by atoms with van der Waals surface area (Å²) in [6.45, 7) is 12.7. The largest absolute Gasteiger partial charge is 0.444 e. The van der Waals surface area contributed by atoms with Gasteiger partial charge in [-0.3, -0.25) is 4.79 Å². The van der Waals surface area contributed by atoms with Gasteiger partial charge < -0.3 is 15.0 Å². The van der Waals surface area contributed by atoms with E-state index in [1.54, 1.807) is 59.0 Å². The first kappa shape index (κ1) is 23.2. The van der Waals surface area contributed by atoms with E-state index in [0.717, 1.165) is 0 Å². The third-order valence-electron chi connectivity index (χ3n) is 4.21. The normalized spacial score (nSPS) is 12.8. The lowest BCUT2D eigenvalue weighted by Crippen LogP contribution is -2.36. The van der Waals surface area contributed by atoms with Gasteiger partial charge in [0.15, 0.2) is 5.82 Å². The Morgan fingerprint density at radius 1 is 0.967 bits per heavy atom. The van der Waals surface area contributed by atoms with Gasteiger partial charge in [0, 0.05) is 23.7 Å². The van der Waals surface area contributed by atoms with Crippen molar-refractivity contribution in [2.75, 3.05) is 12.4 Å². The molecule has 1 atom stereocenters. The minimum atomic E-state index is -0.592. The summed E-state index contributed by atoms with van der Waals surface area (Å²) in [6.07, 6.45) is -0.476. The summed E-state index contributed by atoms with van der Waals surface area (Å²) in [4.78, 5) is 25.7. The van der Waals surface area contributed by atoms with Crippen molar-refractivity contribution >= 4 is 17.7 Å². The highest BCUT2D eigenvalue weighted by Crippen LogP contribution is 2.21. The molecule has 1 unspecified atom stereocenters. The van der Waals surface area contributed by atoms with Gasteiger partial charge in [0.2, 0.25) is 11.7 Å². The van der Waals surface area contributed by atoms with Gasteiger partial charge in [-0.25, -0.2) is 4.79 Å². The monoisotopic (exact) mass is 414 g/mol. The lowest BCUT2D eigenvalue weighted by Gasteiger charge is -2.27. The number of amides is 2. The topological polar surface area (TPSA) is 110 Å². The Morgan fingerprint density at radius 2 is 1.50 bits per heavy atom. The van der Waals surface area contributed by atoms with Gasteiger partial charge in [-0.05, 0) is 52.0 Å². The summed E-state index contributed by atoms with van der Waals surface area (Å²) >= 11 is 0. The zero-order chi connectivity index (χ0) is 22.7. The molecule has 2 rings (SSSR count). The Morgan fingerprint density at radius 3 is 1.97 bits per heavy atom. The van der Waals surface area contributed by atoms with Crippen LogP contribution in [0.3, 0.4) is 0 Å². The van der Waals surface area contributed by atoms with Crippen molar-refractivity contribution in [2.45, 2.75) is 60.1 Å². The molecule has 0 saturated heterocycles. The molecule has 1 aromatic carbocycles. The highest BCUT2D eigenvalue weighted by atomic mass is 16.6. The van der Waals surface area contributed by atoms with Gasteiger partial charge in [-0.15, -0.1) is 20.4 Å². The quantitative estimate of drug-likeness (QED) is 0.809. The van der Waals surface area contributed by atoms with E-state index in [4.69, 9.17) is 4.74 Å². The smallest absolute Gasteiger partial charge is 0.410 e. The number of aromatic nitrogens is 4. The number of nitrogens with zero attached hydrogens (tertiary/aromatic N) is 5. The predicted molar refractivity (Wildman–Crippen MR) is 114 cm³/mol. The average Bonchev–Trinajstić information content (AvgIpc) is 2.65. The number of carbonyl (C=O) groups is 2. The second kappa shape index (κ2) is 8.73. The Bertz CT molecular complexity index is 883. The van der Waals surface area contributed by atoms with Gasteiger partial charge in [0.1, 0.15) is 5.60 Å². The molecule has 2 aromatic rings. The summed E-state index contributed by atoms with van der Waals surface area (Å²) in [7, 11) is 1.61. The van der Waals surface area contributed by atoms with Crippen LogP contribution in [0.5, 0.6) is 0 Å². The number of hydrogen-bond donors (Lipinski definition) is 1. The summed E-state index contributed by atoms with van der Waals surface area (Å²) in [5.74, 6) is 0.586. The number of rotatable bonds is 4. The van der Waals surface area contributed by atoms with E-state index in [1.807, 2.05) is 20.8 Å². The van der Waals surface area contributed by atoms with Gasteiger partial charge in [-0.2, -0.15) is 0 Å². The van der Waals surface area contributed by atoms with Gasteiger partial charge in [0.05, 0.1) is 6.04 Å². The van der Waals surface area contributed by atoms with Gasteiger partial charge in [0.25, 0.3) is 0 Å². The second-order valence-corrected chi connectivity index (χ2v) is 9.13. The molecule has 30 heavy (non-hydrogen) atoms. The van der Waals surface area contributed by atoms with Crippen LogP contribution in [-0.4, -0.2) is 49.9 Å². The molecule has 0 saturated carbocycles. The molecular weight excluding hydrogens is 384 g/mol. The number of carbonyl (C=O) groups excluding carboxylic acids is 2. The fraction of sp³-hybridized carbons (Fsp3) is 0.524. The van der Waals surface area contributed by atoms with E-state index in [9.17, 15) is 9.59 Å². The maximum atomic E-state index is 12.2. The van der Waals surface area contributed by atoms with Crippen molar-refractivity contribution in [1.82, 2.24) is 25.3 Å². The van der Waals surface area contributed by atoms with E-state index < -0.39 is 23.2 Å². The molecule has 0 aliphatic carbocycles. The van der Waals surface area contributed by atoms with Crippen LogP contribution in [0.4, 0.5) is 10.5 Å². The first-order chi connectivity index (χ1) is 13.8. The summed E-state index contributed by atoms with van der Waals surface area (Å²) in [6, 6.07) is 6.66. The van der Waals surface area contributed by atoms with Crippen molar-refractivity contribution in [1.29, 1.82) is 0 Å². The predicted octanol–water partition coefficient (Wildman–Crippen LogP) is 3.85. The maximum Gasteiger partial charge on any atom is 0.410 e. The SMILES string of the molecule is CC(c1nnc(-c2ccc(NC(=O)C(C)(C)C)cc2)nn1)N(C)C(=O)OC(C)(C)C. The van der Waals surface area contributed by atoms with E-state index in [1.165, 1.54) is 4.90 Å². The minimum Gasteiger partial charge on any atom is -0.444 e. The molecule has 1 aromatic heterocycles. The standard InChI is InChI=1S/C21H30N6O3/c1-13(27(8)19(29)30-21(5,6)7)16-23-25-17(26-24-16)14-9-11-15(12-10-14)22-18(28)20(2,3)4/h9-13H,1-8H3,(H,22,28). The molecule has 1 N–H and O–H groups in total. The van der Waals surface area contributed by atoms with Crippen LogP contribution < -0.4 is 5.32 Å². The third kappa shape index (κ3) is 6.20. The Hall–Kier alpha value is -3.10. The number of hydrogen-bond acceptors (Lipinski definition) is 7. The fourth-order valence-corrected chi connectivity index (χ4v) is 2.21. The van der Waals surface area contributed by atoms with Crippen LogP contribution in [-0.2, 0) is 9.53 Å². The van der Waals surface area contributed by atoms with Crippen molar-refractivity contribution in [2.24, 2.45) is 5.41 Å². The summed E-state index contributed by atoms with van der Waals surface area (Å²) < 4.78 is 5.36. The maximum absolute atomic E-state index is 12.2.